The zero-order chi connectivity index (χ0) is 26.0. The average molecular weight is 512 g/mol. The average Bonchev–Trinajstić information content (AvgIpc) is 3.50. The first-order valence-corrected chi connectivity index (χ1v) is 11.8. The number of carboxylic acid groups (broad SMARTS) is 1. The number of likely N-dealkylation sites (tertiary alicyclic amines) is 1. The third-order valence-electron chi connectivity index (χ3n) is 5.53. The van der Waals surface area contributed by atoms with Crippen molar-refractivity contribution in [3.63, 3.8) is 0 Å². The van der Waals surface area contributed by atoms with E-state index in [2.05, 4.69) is 38.2 Å². The molecule has 1 aromatic heterocycles. The van der Waals surface area contributed by atoms with Crippen LogP contribution < -0.4 is 27.8 Å². The highest BCUT2D eigenvalue weighted by molar-refractivity contribution is 7.80. The number of rotatable bonds is 13. The van der Waals surface area contributed by atoms with E-state index in [0.717, 1.165) is 0 Å². The van der Waals surface area contributed by atoms with E-state index in [1.54, 1.807) is 0 Å². The van der Waals surface area contributed by atoms with Crippen molar-refractivity contribution in [2.24, 2.45) is 22.2 Å². The molecule has 1 saturated heterocycles. The Bertz CT molecular complexity index is 907. The summed E-state index contributed by atoms with van der Waals surface area (Å²) in [6.45, 7) is 0.601. The van der Waals surface area contributed by atoms with Crippen LogP contribution in [0.25, 0.3) is 0 Å². The van der Waals surface area contributed by atoms with E-state index in [4.69, 9.17) is 17.2 Å². The predicted molar refractivity (Wildman–Crippen MR) is 130 cm³/mol. The molecule has 0 spiro atoms. The van der Waals surface area contributed by atoms with Gasteiger partial charge in [-0.05, 0) is 25.7 Å². The summed E-state index contributed by atoms with van der Waals surface area (Å²) in [4.78, 5) is 62.2. The number of amides is 3. The molecule has 194 valence electrons. The Morgan fingerprint density at radius 2 is 2.03 bits per heavy atom. The van der Waals surface area contributed by atoms with E-state index in [-0.39, 0.29) is 24.7 Å². The van der Waals surface area contributed by atoms with Gasteiger partial charge in [0.25, 0.3) is 0 Å². The number of imidazole rings is 1. The number of carboxylic acids is 1. The largest absolute Gasteiger partial charge is 0.480 e. The number of carbonyl (C=O) groups excluding carboxylic acids is 3. The van der Waals surface area contributed by atoms with Gasteiger partial charge in [0.15, 0.2) is 5.96 Å². The van der Waals surface area contributed by atoms with Crippen molar-refractivity contribution in [1.29, 1.82) is 0 Å². The lowest BCUT2D eigenvalue weighted by atomic mass is 10.1. The molecular formula is C20H33N9O5S. The molecule has 0 saturated carbocycles. The minimum absolute atomic E-state index is 0.0542. The molecule has 0 bridgehead atoms. The van der Waals surface area contributed by atoms with Gasteiger partial charge in [0.05, 0.1) is 12.4 Å². The maximum atomic E-state index is 13.4. The Morgan fingerprint density at radius 3 is 2.63 bits per heavy atom. The molecular weight excluding hydrogens is 478 g/mol. The van der Waals surface area contributed by atoms with Crippen LogP contribution in [0.5, 0.6) is 0 Å². The summed E-state index contributed by atoms with van der Waals surface area (Å²) >= 11 is 3.95. The molecule has 4 unspecified atom stereocenters. The van der Waals surface area contributed by atoms with E-state index in [1.165, 1.54) is 17.4 Å². The molecule has 2 rings (SSSR count). The summed E-state index contributed by atoms with van der Waals surface area (Å²) in [6, 6.07) is -3.95. The fourth-order valence-corrected chi connectivity index (χ4v) is 3.95. The number of aromatic nitrogens is 2. The number of thiol groups is 1. The zero-order valence-corrected chi connectivity index (χ0v) is 20.1. The van der Waals surface area contributed by atoms with E-state index < -0.39 is 47.9 Å². The molecule has 3 amide bonds. The van der Waals surface area contributed by atoms with Crippen molar-refractivity contribution >= 4 is 42.3 Å². The SMILES string of the molecule is NC(N)=NCCCC(N)C(=O)NC(Cc1cnc[nH]1)C(=O)N1CCCC1C(=O)NC(CS)C(=O)O. The van der Waals surface area contributed by atoms with Gasteiger partial charge in [-0.3, -0.25) is 19.4 Å². The molecule has 0 aliphatic carbocycles. The smallest absolute Gasteiger partial charge is 0.327 e. The highest BCUT2D eigenvalue weighted by Crippen LogP contribution is 2.20. The van der Waals surface area contributed by atoms with Crippen molar-refractivity contribution in [1.82, 2.24) is 25.5 Å². The van der Waals surface area contributed by atoms with Gasteiger partial charge in [-0.15, -0.1) is 0 Å². The van der Waals surface area contributed by atoms with E-state index in [9.17, 15) is 24.3 Å². The number of nitrogens with two attached hydrogens (primary N) is 3. The lowest BCUT2D eigenvalue weighted by molar-refractivity contribution is -0.144. The summed E-state index contributed by atoms with van der Waals surface area (Å²) in [7, 11) is 0. The molecule has 1 aliphatic heterocycles. The molecule has 14 nitrogen and oxygen atoms in total. The summed E-state index contributed by atoms with van der Waals surface area (Å²) in [5.74, 6) is -2.96. The number of H-pyrrole nitrogens is 1. The van der Waals surface area contributed by atoms with E-state index in [1.807, 2.05) is 0 Å². The molecule has 15 heteroatoms. The van der Waals surface area contributed by atoms with E-state index in [0.29, 0.717) is 37.9 Å². The second kappa shape index (κ2) is 13.5. The number of nitrogens with one attached hydrogen (secondary N) is 3. The number of hydrogen-bond donors (Lipinski definition) is 8. The number of guanidine groups is 1. The topological polar surface area (TPSA) is 235 Å². The highest BCUT2D eigenvalue weighted by Gasteiger charge is 2.39. The molecule has 35 heavy (non-hydrogen) atoms. The Morgan fingerprint density at radius 1 is 1.29 bits per heavy atom. The van der Waals surface area contributed by atoms with Gasteiger partial charge in [-0.1, -0.05) is 0 Å². The minimum atomic E-state index is -1.22. The fraction of sp³-hybridized carbons (Fsp3) is 0.600. The summed E-state index contributed by atoms with van der Waals surface area (Å²) in [6.07, 6.45) is 4.76. The van der Waals surface area contributed by atoms with Gasteiger partial charge in [-0.2, -0.15) is 12.6 Å². The lowest BCUT2D eigenvalue weighted by Gasteiger charge is -2.29. The number of aliphatic carboxylic acids is 1. The van der Waals surface area contributed by atoms with Crippen LogP contribution in [0.3, 0.4) is 0 Å². The van der Waals surface area contributed by atoms with Crippen LogP contribution in [0.1, 0.15) is 31.4 Å². The van der Waals surface area contributed by atoms with Crippen LogP contribution in [0, 0.1) is 0 Å². The third kappa shape index (κ3) is 8.43. The maximum absolute atomic E-state index is 13.4. The van der Waals surface area contributed by atoms with E-state index >= 15 is 0 Å². The molecule has 4 atom stereocenters. The van der Waals surface area contributed by atoms with Crippen molar-refractivity contribution in [2.45, 2.75) is 56.3 Å². The highest BCUT2D eigenvalue weighted by atomic mass is 32.1. The van der Waals surface area contributed by atoms with Gasteiger partial charge in [0.1, 0.15) is 18.1 Å². The number of hydrogen-bond acceptors (Lipinski definition) is 8. The number of aliphatic imine (C=N–C) groups is 1. The summed E-state index contributed by atoms with van der Waals surface area (Å²) in [5.41, 5.74) is 17.2. The molecule has 1 aliphatic rings. The van der Waals surface area contributed by atoms with Gasteiger partial charge >= 0.3 is 5.97 Å². The Kier molecular flexibility index (Phi) is 10.8. The van der Waals surface area contributed by atoms with Crippen molar-refractivity contribution in [2.75, 3.05) is 18.8 Å². The van der Waals surface area contributed by atoms with Crippen LogP contribution in [0.4, 0.5) is 0 Å². The van der Waals surface area contributed by atoms with Gasteiger partial charge in [0, 0.05) is 37.2 Å². The first-order valence-electron chi connectivity index (χ1n) is 11.2. The summed E-state index contributed by atoms with van der Waals surface area (Å²) in [5, 5.41) is 14.3. The summed E-state index contributed by atoms with van der Waals surface area (Å²) < 4.78 is 0. The van der Waals surface area contributed by atoms with Gasteiger partial charge < -0.3 is 42.8 Å². The zero-order valence-electron chi connectivity index (χ0n) is 19.2. The first-order chi connectivity index (χ1) is 16.6. The standard InChI is InChI=1S/C20H33N9O5S/c21-12(3-1-5-25-20(22)23)16(30)27-13(7-11-8-24-10-26-11)18(32)29-6-2-4-15(29)17(31)28-14(9-35)19(33)34/h8,10,12-15,35H,1-7,9,21H2,(H,24,26)(H,27,30)(H,28,31)(H,33,34)(H4,22,23,25). The predicted octanol–water partition coefficient (Wildman–Crippen LogP) is -2.69. The molecule has 0 aromatic carbocycles. The second-order valence-electron chi connectivity index (χ2n) is 8.17. The number of nitrogens with zero attached hydrogens (tertiary/aromatic N) is 3. The Hall–Kier alpha value is -3.33. The van der Waals surface area contributed by atoms with Crippen LogP contribution in [0.15, 0.2) is 17.5 Å². The number of aromatic amines is 1. The monoisotopic (exact) mass is 511 g/mol. The Balaban J connectivity index is 2.10. The van der Waals surface area contributed by atoms with Crippen LogP contribution >= 0.6 is 12.6 Å². The van der Waals surface area contributed by atoms with Crippen molar-refractivity contribution in [3.8, 4) is 0 Å². The Labute approximate surface area is 207 Å². The van der Waals surface area contributed by atoms with Crippen molar-refractivity contribution < 1.29 is 24.3 Å². The quantitative estimate of drug-likeness (QED) is 0.0594. The van der Waals surface area contributed by atoms with Crippen LogP contribution in [-0.2, 0) is 25.6 Å². The van der Waals surface area contributed by atoms with Gasteiger partial charge in [0.2, 0.25) is 17.7 Å². The molecule has 2 heterocycles. The maximum Gasteiger partial charge on any atom is 0.327 e. The number of carbonyl (C=O) groups is 4. The first kappa shape index (κ1) is 27.9. The van der Waals surface area contributed by atoms with Crippen LogP contribution in [0.2, 0.25) is 0 Å². The molecule has 1 fully saturated rings. The third-order valence-corrected chi connectivity index (χ3v) is 5.90. The van der Waals surface area contributed by atoms with Crippen LogP contribution in [-0.4, -0.2) is 92.6 Å². The minimum Gasteiger partial charge on any atom is -0.480 e. The molecule has 10 N–H and O–H groups in total. The second-order valence-corrected chi connectivity index (χ2v) is 8.53. The lowest BCUT2D eigenvalue weighted by Crippen LogP contribution is -2.57. The van der Waals surface area contributed by atoms with Gasteiger partial charge in [-0.25, -0.2) is 9.78 Å². The normalized spacial score (nSPS) is 17.8. The fourth-order valence-electron chi connectivity index (χ4n) is 3.70. The molecule has 0 radical (unpaired) electrons. The van der Waals surface area contributed by atoms with Crippen molar-refractivity contribution in [3.05, 3.63) is 18.2 Å². The molecule has 1 aromatic rings.